The maximum atomic E-state index is 14.9. The van der Waals surface area contributed by atoms with E-state index in [4.69, 9.17) is 4.42 Å². The molecule has 3 atom stereocenters. The number of nitrogens with zero attached hydrogens (tertiary/aromatic N) is 3. The van der Waals surface area contributed by atoms with E-state index in [2.05, 4.69) is 25.6 Å². The van der Waals surface area contributed by atoms with Crippen molar-refractivity contribution in [2.45, 2.75) is 44.1 Å². The molecule has 0 bridgehead atoms. The van der Waals surface area contributed by atoms with Crippen LogP contribution >= 0.6 is 0 Å². The van der Waals surface area contributed by atoms with Crippen molar-refractivity contribution in [3.05, 3.63) is 53.8 Å². The van der Waals surface area contributed by atoms with E-state index in [1.54, 1.807) is 12.1 Å². The number of hydrogen-bond donors (Lipinski definition) is 2. The Kier molecular flexibility index (Phi) is 6.21. The predicted molar refractivity (Wildman–Crippen MR) is 122 cm³/mol. The van der Waals surface area contributed by atoms with Gasteiger partial charge in [0.25, 0.3) is 0 Å². The molecule has 2 saturated heterocycles. The molecule has 0 saturated carbocycles. The average Bonchev–Trinajstić information content (AvgIpc) is 3.30. The average molecular weight is 519 g/mol. The topological polar surface area (TPSA) is 110 Å². The van der Waals surface area contributed by atoms with Gasteiger partial charge in [0.1, 0.15) is 11.6 Å². The van der Waals surface area contributed by atoms with E-state index in [9.17, 15) is 27.2 Å². The van der Waals surface area contributed by atoms with Crippen molar-refractivity contribution < 1.29 is 36.3 Å². The van der Waals surface area contributed by atoms with E-state index < -0.39 is 24.0 Å². The van der Waals surface area contributed by atoms with Crippen molar-refractivity contribution in [3.63, 3.8) is 0 Å². The summed E-state index contributed by atoms with van der Waals surface area (Å²) in [4.78, 5) is 25.4. The van der Waals surface area contributed by atoms with Crippen LogP contribution in [0.2, 0.25) is 0 Å². The second kappa shape index (κ2) is 9.37. The number of carbonyl (C=O) groups is 2. The maximum Gasteiger partial charge on any atom is 0.573 e. The van der Waals surface area contributed by atoms with Gasteiger partial charge < -0.3 is 19.4 Å². The number of nitrogens with one attached hydrogen (secondary N) is 2. The van der Waals surface area contributed by atoms with Crippen LogP contribution < -0.4 is 20.3 Å². The number of anilines is 2. The molecule has 37 heavy (non-hydrogen) atoms. The molecule has 2 amide bonds. The molecule has 0 radical (unpaired) electrons. The van der Waals surface area contributed by atoms with Gasteiger partial charge in [-0.3, -0.25) is 14.9 Å². The fraction of sp³-hybridized carbons (Fsp3) is 0.333. The summed E-state index contributed by atoms with van der Waals surface area (Å²) >= 11 is 0. The number of alkyl halides is 3. The molecule has 13 heteroatoms. The zero-order chi connectivity index (χ0) is 26.3. The third-order valence-corrected chi connectivity index (χ3v) is 6.47. The lowest BCUT2D eigenvalue weighted by Gasteiger charge is -2.48. The van der Waals surface area contributed by atoms with Crippen molar-refractivity contribution in [2.24, 2.45) is 0 Å². The molecule has 2 fully saturated rings. The Balaban J connectivity index is 1.19. The molecule has 1 aromatic heterocycles. The summed E-state index contributed by atoms with van der Waals surface area (Å²) in [6, 6.07) is 9.73. The summed E-state index contributed by atoms with van der Waals surface area (Å²) in [5.41, 5.74) is 1.32. The first-order valence-electron chi connectivity index (χ1n) is 11.4. The quantitative estimate of drug-likeness (QED) is 0.372. The van der Waals surface area contributed by atoms with Crippen LogP contribution in [0.4, 0.5) is 29.3 Å². The molecule has 9 nitrogen and oxygen atoms in total. The van der Waals surface area contributed by atoms with Gasteiger partial charge in [0.15, 0.2) is 0 Å². The minimum atomic E-state index is -4.78. The Bertz CT molecular complexity index is 1330. The molecule has 5 rings (SSSR count). The van der Waals surface area contributed by atoms with Gasteiger partial charge in [0.05, 0.1) is 12.0 Å². The first-order valence-corrected chi connectivity index (χ1v) is 11.4. The van der Waals surface area contributed by atoms with E-state index in [0.717, 1.165) is 12.1 Å². The van der Waals surface area contributed by atoms with Crippen molar-refractivity contribution in [1.82, 2.24) is 15.5 Å². The van der Waals surface area contributed by atoms with E-state index in [1.165, 1.54) is 18.2 Å². The molecule has 2 aliphatic heterocycles. The van der Waals surface area contributed by atoms with Gasteiger partial charge in [-0.05, 0) is 49.7 Å². The Morgan fingerprint density at radius 3 is 2.54 bits per heavy atom. The molecule has 2 aliphatic rings. The number of rotatable bonds is 6. The third-order valence-electron chi connectivity index (χ3n) is 6.47. The van der Waals surface area contributed by atoms with E-state index in [0.29, 0.717) is 17.8 Å². The number of aromatic nitrogens is 2. The zero-order valence-electron chi connectivity index (χ0n) is 19.4. The number of amides is 2. The molecule has 2 N–H and O–H groups in total. The van der Waals surface area contributed by atoms with Gasteiger partial charge in [0.2, 0.25) is 17.7 Å². The minimum absolute atomic E-state index is 0.0602. The first-order chi connectivity index (χ1) is 17.6. The molecule has 0 aliphatic carbocycles. The van der Waals surface area contributed by atoms with Crippen LogP contribution in [0.5, 0.6) is 5.75 Å². The van der Waals surface area contributed by atoms with Crippen LogP contribution in [-0.2, 0) is 9.59 Å². The molecular formula is C24H21F4N5O4. The number of imide groups is 1. The van der Waals surface area contributed by atoms with Gasteiger partial charge in [-0.1, -0.05) is 11.2 Å². The summed E-state index contributed by atoms with van der Waals surface area (Å²) in [6.45, 7) is 2.45. The van der Waals surface area contributed by atoms with E-state index >= 15 is 0 Å². The summed E-state index contributed by atoms with van der Waals surface area (Å²) in [5, 5.41) is 13.2. The number of benzene rings is 2. The zero-order valence-corrected chi connectivity index (χ0v) is 19.4. The highest BCUT2D eigenvalue weighted by Gasteiger charge is 2.37. The van der Waals surface area contributed by atoms with Gasteiger partial charge in [-0.25, -0.2) is 4.39 Å². The molecule has 2 aromatic carbocycles. The molecular weight excluding hydrogens is 498 g/mol. The van der Waals surface area contributed by atoms with Gasteiger partial charge in [-0.2, -0.15) is 0 Å². The van der Waals surface area contributed by atoms with Gasteiger partial charge >= 0.3 is 12.4 Å². The number of piperidine rings is 1. The minimum Gasteiger partial charge on any atom is -0.406 e. The normalized spacial score (nSPS) is 21.9. The summed E-state index contributed by atoms with van der Waals surface area (Å²) < 4.78 is 61.3. The number of ether oxygens (including phenoxy) is 1. The van der Waals surface area contributed by atoms with Crippen molar-refractivity contribution in [3.8, 4) is 17.2 Å². The molecule has 194 valence electrons. The van der Waals surface area contributed by atoms with Crippen LogP contribution in [0.15, 0.2) is 46.9 Å². The lowest BCUT2D eigenvalue weighted by atomic mass is 9.89. The highest BCUT2D eigenvalue weighted by atomic mass is 19.4. The van der Waals surface area contributed by atoms with Crippen molar-refractivity contribution in [2.75, 3.05) is 16.8 Å². The number of halogens is 4. The molecule has 3 aromatic rings. The summed E-state index contributed by atoms with van der Waals surface area (Å²) in [7, 11) is 0. The Hall–Kier alpha value is -4.16. The number of hydrogen-bond acceptors (Lipinski definition) is 8. The lowest BCUT2D eigenvalue weighted by Crippen LogP contribution is -2.62. The van der Waals surface area contributed by atoms with Crippen LogP contribution in [0.25, 0.3) is 11.5 Å². The smallest absolute Gasteiger partial charge is 0.406 e. The van der Waals surface area contributed by atoms with Crippen molar-refractivity contribution in [1.29, 1.82) is 0 Å². The second-order valence-electron chi connectivity index (χ2n) is 8.84. The second-order valence-corrected chi connectivity index (χ2v) is 8.84. The summed E-state index contributed by atoms with van der Waals surface area (Å²) in [6.07, 6.45) is -4.34. The monoisotopic (exact) mass is 519 g/mol. The first kappa shape index (κ1) is 24.5. The largest absolute Gasteiger partial charge is 0.573 e. The van der Waals surface area contributed by atoms with E-state index in [1.807, 2.05) is 11.8 Å². The van der Waals surface area contributed by atoms with Crippen LogP contribution in [-0.4, -0.2) is 47.0 Å². The molecule has 3 heterocycles. The van der Waals surface area contributed by atoms with Crippen LogP contribution in [0.1, 0.15) is 31.2 Å². The van der Waals surface area contributed by atoms with Crippen molar-refractivity contribution >= 4 is 23.5 Å². The van der Waals surface area contributed by atoms with Crippen LogP contribution in [0, 0.1) is 5.82 Å². The summed E-state index contributed by atoms with van der Waals surface area (Å²) in [5.74, 6) is -2.30. The van der Waals surface area contributed by atoms with E-state index in [-0.39, 0.29) is 54.1 Å². The highest BCUT2D eigenvalue weighted by molar-refractivity contribution is 6.01. The van der Waals surface area contributed by atoms with Gasteiger partial charge in [0, 0.05) is 35.8 Å². The number of carbonyl (C=O) groups excluding carboxylic acids is 2. The Labute approximate surface area is 207 Å². The molecule has 1 unspecified atom stereocenters. The fourth-order valence-corrected chi connectivity index (χ4v) is 4.44. The van der Waals surface area contributed by atoms with Gasteiger partial charge in [-0.15, -0.1) is 18.3 Å². The van der Waals surface area contributed by atoms with Crippen LogP contribution in [0.3, 0.4) is 0 Å². The lowest BCUT2D eigenvalue weighted by molar-refractivity contribution is -0.274. The molecule has 0 spiro atoms. The Morgan fingerprint density at radius 1 is 1.14 bits per heavy atom. The predicted octanol–water partition coefficient (Wildman–Crippen LogP) is 3.98. The SMILES string of the molecule is C[C@@H]1[C@@H](Nc2nnc(-c3ccc(OC(F)(F)F)cc3)o2)CN1c1ccc(C2CCC(=O)NC2=O)c(F)c1. The standard InChI is InChI=1S/C24H21F4N5O4/c1-12-19(29-23-32-31-22(36-23)13-2-5-15(6-3-13)37-24(26,27)28)11-33(12)14-4-7-16(18(25)10-14)17-8-9-20(34)30-21(17)35/h2-7,10,12,17,19H,8-9,11H2,1H3,(H,29,32)(H,30,34,35)/t12-,17?,19+/m1/s1. The third kappa shape index (κ3) is 5.20. The fourth-order valence-electron chi connectivity index (χ4n) is 4.44. The Morgan fingerprint density at radius 2 is 1.89 bits per heavy atom. The maximum absolute atomic E-state index is 14.9. The highest BCUT2D eigenvalue weighted by Crippen LogP contribution is 2.34.